The van der Waals surface area contributed by atoms with Crippen LogP contribution in [0.2, 0.25) is 5.02 Å². The number of carbonyl (C=O) groups is 2. The fourth-order valence-electron chi connectivity index (χ4n) is 2.82. The van der Waals surface area contributed by atoms with E-state index in [9.17, 15) is 18.0 Å². The summed E-state index contributed by atoms with van der Waals surface area (Å²) in [6.45, 7) is 4.34. The van der Waals surface area contributed by atoms with Gasteiger partial charge in [-0.25, -0.2) is 13.2 Å². The van der Waals surface area contributed by atoms with Crippen molar-refractivity contribution >= 4 is 39.2 Å². The highest BCUT2D eigenvalue weighted by Gasteiger charge is 2.29. The molecule has 0 spiro atoms. The lowest BCUT2D eigenvalue weighted by Crippen LogP contribution is -2.40. The molecule has 0 saturated carbocycles. The molecule has 1 unspecified atom stereocenters. The maximum Gasteiger partial charge on any atom is 0.355 e. The summed E-state index contributed by atoms with van der Waals surface area (Å²) >= 11 is 5.94. The van der Waals surface area contributed by atoms with E-state index in [-0.39, 0.29) is 23.7 Å². The van der Waals surface area contributed by atoms with Crippen molar-refractivity contribution in [2.45, 2.75) is 24.8 Å². The largest absolute Gasteiger partial charge is 0.448 e. The number of aromatic amines is 1. The molecule has 3 rings (SSSR count). The Hall–Kier alpha value is -2.40. The molecule has 2 heterocycles. The maximum atomic E-state index is 12.6. The fraction of sp³-hybridized carbons (Fsp3) is 0.368. The number of hydrogen-bond donors (Lipinski definition) is 2. The lowest BCUT2D eigenvalue weighted by atomic mass is 10.2. The number of hydrogen-bond acceptors (Lipinski definition) is 6. The Morgan fingerprint density at radius 1 is 1.27 bits per heavy atom. The van der Waals surface area contributed by atoms with E-state index in [1.165, 1.54) is 23.5 Å². The number of aromatic nitrogens is 1. The van der Waals surface area contributed by atoms with Crippen LogP contribution in [0.5, 0.6) is 0 Å². The second-order valence-corrected chi connectivity index (χ2v) is 9.14. The van der Waals surface area contributed by atoms with Crippen LogP contribution in [-0.2, 0) is 24.3 Å². The summed E-state index contributed by atoms with van der Waals surface area (Å²) in [4.78, 5) is 27.3. The summed E-state index contributed by atoms with van der Waals surface area (Å²) in [5.74, 6) is -1.38. The van der Waals surface area contributed by atoms with Gasteiger partial charge in [-0.3, -0.25) is 4.79 Å². The van der Waals surface area contributed by atoms with E-state index >= 15 is 0 Å². The molecule has 1 aromatic heterocycles. The van der Waals surface area contributed by atoms with Crippen molar-refractivity contribution in [1.82, 2.24) is 9.29 Å². The summed E-state index contributed by atoms with van der Waals surface area (Å²) in [6, 6.07) is 6.24. The van der Waals surface area contributed by atoms with Crippen molar-refractivity contribution in [3.63, 3.8) is 0 Å². The van der Waals surface area contributed by atoms with Crippen LogP contribution < -0.4 is 5.32 Å². The van der Waals surface area contributed by atoms with Crippen molar-refractivity contribution in [2.75, 3.05) is 31.6 Å². The summed E-state index contributed by atoms with van der Waals surface area (Å²) in [5.41, 5.74) is 1.24. The van der Waals surface area contributed by atoms with Gasteiger partial charge in [0, 0.05) is 30.0 Å². The first-order valence-electron chi connectivity index (χ1n) is 9.23. The third kappa shape index (κ3) is 5.01. The first-order valence-corrected chi connectivity index (χ1v) is 11.0. The predicted octanol–water partition coefficient (Wildman–Crippen LogP) is 2.18. The zero-order valence-electron chi connectivity index (χ0n) is 16.5. The number of halogens is 1. The molecule has 11 heteroatoms. The molecule has 2 N–H and O–H groups in total. The molecule has 162 valence electrons. The molecule has 1 saturated heterocycles. The molecule has 1 atom stereocenters. The monoisotopic (exact) mass is 455 g/mol. The lowest BCUT2D eigenvalue weighted by molar-refractivity contribution is -0.123. The Bertz CT molecular complexity index is 1050. The van der Waals surface area contributed by atoms with Crippen LogP contribution >= 0.6 is 11.6 Å². The van der Waals surface area contributed by atoms with Crippen molar-refractivity contribution in [3.05, 3.63) is 46.7 Å². The highest BCUT2D eigenvalue weighted by molar-refractivity contribution is 7.89. The minimum atomic E-state index is -3.75. The molecule has 0 bridgehead atoms. The maximum absolute atomic E-state index is 12.6. The van der Waals surface area contributed by atoms with Crippen LogP contribution in [-0.4, -0.2) is 62.0 Å². The highest BCUT2D eigenvalue weighted by Crippen LogP contribution is 2.21. The Balaban J connectivity index is 1.64. The molecular weight excluding hydrogens is 434 g/mol. The molecule has 0 aliphatic carbocycles. The van der Waals surface area contributed by atoms with Gasteiger partial charge < -0.3 is 19.8 Å². The molecule has 2 aromatic rings. The molecule has 1 fully saturated rings. The van der Waals surface area contributed by atoms with E-state index in [2.05, 4.69) is 10.3 Å². The van der Waals surface area contributed by atoms with Crippen LogP contribution in [0.3, 0.4) is 0 Å². The third-order valence-electron chi connectivity index (χ3n) is 4.59. The standard InChI is InChI=1S/C19H22ClN3O6S/c1-12-3-4-14(20)9-16(12)22-18(24)13(2)29-19(25)17-10-15(11-21-17)30(26,27)23-5-7-28-8-6-23/h3-4,9-11,13,21H,5-8H2,1-2H3,(H,22,24). The van der Waals surface area contributed by atoms with Gasteiger partial charge in [-0.2, -0.15) is 4.31 Å². The fourth-order valence-corrected chi connectivity index (χ4v) is 4.39. The minimum Gasteiger partial charge on any atom is -0.448 e. The third-order valence-corrected chi connectivity index (χ3v) is 6.71. The van der Waals surface area contributed by atoms with Crippen LogP contribution in [0.25, 0.3) is 0 Å². The van der Waals surface area contributed by atoms with Crippen LogP contribution in [0, 0.1) is 6.92 Å². The first kappa shape index (κ1) is 22.3. The Morgan fingerprint density at radius 3 is 2.67 bits per heavy atom. The number of morpholine rings is 1. The highest BCUT2D eigenvalue weighted by atomic mass is 35.5. The summed E-state index contributed by atoms with van der Waals surface area (Å²) in [6.07, 6.45) is 0.111. The van der Waals surface area contributed by atoms with Gasteiger partial charge in [-0.1, -0.05) is 17.7 Å². The van der Waals surface area contributed by atoms with Crippen molar-refractivity contribution in [3.8, 4) is 0 Å². The lowest BCUT2D eigenvalue weighted by Gasteiger charge is -2.25. The van der Waals surface area contributed by atoms with Crippen LogP contribution in [0.4, 0.5) is 5.69 Å². The SMILES string of the molecule is Cc1ccc(Cl)cc1NC(=O)C(C)OC(=O)c1cc(S(=O)(=O)N2CCOCC2)c[nH]1. The second kappa shape index (κ2) is 9.17. The Kier molecular flexibility index (Phi) is 6.81. The van der Waals surface area contributed by atoms with Gasteiger partial charge in [-0.15, -0.1) is 0 Å². The number of H-pyrrole nitrogens is 1. The van der Waals surface area contributed by atoms with E-state index in [4.69, 9.17) is 21.1 Å². The molecule has 1 aliphatic rings. The Morgan fingerprint density at radius 2 is 1.97 bits per heavy atom. The molecular formula is C19H22ClN3O6S. The van der Waals surface area contributed by atoms with E-state index in [1.54, 1.807) is 25.1 Å². The van der Waals surface area contributed by atoms with E-state index in [0.29, 0.717) is 23.9 Å². The molecule has 1 aromatic carbocycles. The number of nitrogens with one attached hydrogen (secondary N) is 2. The summed E-state index contributed by atoms with van der Waals surface area (Å²) in [5, 5.41) is 3.11. The molecule has 0 radical (unpaired) electrons. The van der Waals surface area contributed by atoms with Gasteiger partial charge in [0.1, 0.15) is 10.6 Å². The molecule has 1 aliphatic heterocycles. The van der Waals surface area contributed by atoms with Gasteiger partial charge in [0.05, 0.1) is 13.2 Å². The Labute approximate surface area is 179 Å². The number of rotatable bonds is 6. The normalized spacial score (nSPS) is 16.1. The second-order valence-electron chi connectivity index (χ2n) is 6.76. The van der Waals surface area contributed by atoms with Gasteiger partial charge in [-0.05, 0) is 37.6 Å². The number of nitrogens with zero attached hydrogens (tertiary/aromatic N) is 1. The van der Waals surface area contributed by atoms with Gasteiger partial charge in [0.15, 0.2) is 6.10 Å². The number of aryl methyl sites for hydroxylation is 1. The number of sulfonamides is 1. The van der Waals surface area contributed by atoms with Crippen molar-refractivity contribution in [1.29, 1.82) is 0 Å². The summed E-state index contributed by atoms with van der Waals surface area (Å²) < 4.78 is 36.9. The zero-order valence-corrected chi connectivity index (χ0v) is 18.0. The molecule has 30 heavy (non-hydrogen) atoms. The molecule has 9 nitrogen and oxygen atoms in total. The van der Waals surface area contributed by atoms with Gasteiger partial charge in [0.2, 0.25) is 10.0 Å². The summed E-state index contributed by atoms with van der Waals surface area (Å²) in [7, 11) is -3.75. The average molecular weight is 456 g/mol. The van der Waals surface area contributed by atoms with E-state index in [1.807, 2.05) is 0 Å². The number of benzene rings is 1. The average Bonchev–Trinajstić information content (AvgIpc) is 3.22. The quantitative estimate of drug-likeness (QED) is 0.644. The van der Waals surface area contributed by atoms with Gasteiger partial charge >= 0.3 is 5.97 Å². The van der Waals surface area contributed by atoms with Crippen LogP contribution in [0.15, 0.2) is 35.4 Å². The predicted molar refractivity (Wildman–Crippen MR) is 110 cm³/mol. The van der Waals surface area contributed by atoms with E-state index < -0.39 is 28.0 Å². The number of ether oxygens (including phenoxy) is 2. The van der Waals surface area contributed by atoms with Gasteiger partial charge in [0.25, 0.3) is 5.91 Å². The molecule has 1 amide bonds. The number of amides is 1. The number of esters is 1. The topological polar surface area (TPSA) is 118 Å². The van der Waals surface area contributed by atoms with Crippen molar-refractivity contribution < 1.29 is 27.5 Å². The minimum absolute atomic E-state index is 0.0528. The number of carbonyl (C=O) groups excluding carboxylic acids is 2. The first-order chi connectivity index (χ1) is 14.2. The zero-order chi connectivity index (χ0) is 21.9. The van der Waals surface area contributed by atoms with E-state index in [0.717, 1.165) is 5.56 Å². The van der Waals surface area contributed by atoms with Crippen LogP contribution in [0.1, 0.15) is 23.0 Å². The smallest absolute Gasteiger partial charge is 0.355 e. The number of anilines is 1. The van der Waals surface area contributed by atoms with Crippen molar-refractivity contribution in [2.24, 2.45) is 0 Å².